The maximum Gasteiger partial charge on any atom is 0.273 e. The zero-order valence-corrected chi connectivity index (χ0v) is 17.5. The third-order valence-electron chi connectivity index (χ3n) is 5.47. The summed E-state index contributed by atoms with van der Waals surface area (Å²) in [6, 6.07) is 15.6. The van der Waals surface area contributed by atoms with Crippen LogP contribution in [0.1, 0.15) is 33.2 Å². The van der Waals surface area contributed by atoms with Crippen molar-refractivity contribution in [1.82, 2.24) is 15.1 Å². The van der Waals surface area contributed by atoms with Crippen LogP contribution in [0.2, 0.25) is 0 Å². The SMILES string of the molecule is COc1cccc(-c2n[nH]c3c2C(c2ccc(C)cc2)N(CC(OC)OC)C3=O)c1. The molecule has 0 spiro atoms. The van der Waals surface area contributed by atoms with Gasteiger partial charge in [-0.2, -0.15) is 5.10 Å². The number of ether oxygens (including phenoxy) is 3. The molecule has 1 amide bonds. The van der Waals surface area contributed by atoms with Crippen molar-refractivity contribution in [1.29, 1.82) is 0 Å². The van der Waals surface area contributed by atoms with Gasteiger partial charge in [0.1, 0.15) is 11.4 Å². The highest BCUT2D eigenvalue weighted by Crippen LogP contribution is 2.43. The van der Waals surface area contributed by atoms with Crippen LogP contribution in [0.15, 0.2) is 48.5 Å². The van der Waals surface area contributed by atoms with Gasteiger partial charge in [-0.05, 0) is 24.6 Å². The van der Waals surface area contributed by atoms with E-state index in [0.29, 0.717) is 12.2 Å². The lowest BCUT2D eigenvalue weighted by Gasteiger charge is -2.29. The quantitative estimate of drug-likeness (QED) is 0.606. The van der Waals surface area contributed by atoms with Gasteiger partial charge in [0, 0.05) is 25.3 Å². The molecule has 1 unspecified atom stereocenters. The summed E-state index contributed by atoms with van der Waals surface area (Å²) in [6.45, 7) is 2.34. The summed E-state index contributed by atoms with van der Waals surface area (Å²) in [4.78, 5) is 15.1. The Morgan fingerprint density at radius 3 is 2.50 bits per heavy atom. The third kappa shape index (κ3) is 3.46. The van der Waals surface area contributed by atoms with Crippen LogP contribution in [0.5, 0.6) is 5.75 Å². The van der Waals surface area contributed by atoms with E-state index >= 15 is 0 Å². The summed E-state index contributed by atoms with van der Waals surface area (Å²) >= 11 is 0. The maximum absolute atomic E-state index is 13.3. The molecule has 3 aromatic rings. The Balaban J connectivity index is 1.84. The zero-order chi connectivity index (χ0) is 21.3. The highest BCUT2D eigenvalue weighted by atomic mass is 16.7. The minimum Gasteiger partial charge on any atom is -0.497 e. The summed E-state index contributed by atoms with van der Waals surface area (Å²) in [7, 11) is 4.76. The van der Waals surface area contributed by atoms with Gasteiger partial charge in [0.05, 0.1) is 25.4 Å². The van der Waals surface area contributed by atoms with E-state index in [0.717, 1.165) is 33.7 Å². The van der Waals surface area contributed by atoms with Crippen molar-refractivity contribution in [3.05, 3.63) is 70.9 Å². The van der Waals surface area contributed by atoms with E-state index in [-0.39, 0.29) is 11.9 Å². The van der Waals surface area contributed by atoms with E-state index in [4.69, 9.17) is 14.2 Å². The number of benzene rings is 2. The molecule has 0 aliphatic carbocycles. The fraction of sp³-hybridized carbons (Fsp3) is 0.304. The Hall–Kier alpha value is -3.16. The van der Waals surface area contributed by atoms with Crippen molar-refractivity contribution < 1.29 is 19.0 Å². The number of amides is 1. The number of hydrogen-bond donors (Lipinski definition) is 1. The van der Waals surface area contributed by atoms with Gasteiger partial charge < -0.3 is 19.1 Å². The third-order valence-corrected chi connectivity index (χ3v) is 5.47. The Morgan fingerprint density at radius 2 is 1.83 bits per heavy atom. The minimum atomic E-state index is -0.529. The molecular formula is C23H25N3O4. The molecule has 0 saturated heterocycles. The van der Waals surface area contributed by atoms with Gasteiger partial charge in [0.25, 0.3) is 5.91 Å². The summed E-state index contributed by atoms with van der Waals surface area (Å²) < 4.78 is 16.1. The van der Waals surface area contributed by atoms with Gasteiger partial charge in [-0.15, -0.1) is 0 Å². The molecule has 0 radical (unpaired) electrons. The normalized spacial score (nSPS) is 15.7. The van der Waals surface area contributed by atoms with Crippen LogP contribution >= 0.6 is 0 Å². The van der Waals surface area contributed by atoms with Crippen LogP contribution in [0, 0.1) is 6.92 Å². The van der Waals surface area contributed by atoms with Crippen molar-refractivity contribution in [2.75, 3.05) is 27.9 Å². The molecule has 2 heterocycles. The number of H-pyrrole nitrogens is 1. The molecule has 7 heteroatoms. The van der Waals surface area contributed by atoms with Crippen LogP contribution in [0.4, 0.5) is 0 Å². The molecule has 0 bridgehead atoms. The molecule has 2 aromatic carbocycles. The van der Waals surface area contributed by atoms with Gasteiger partial charge in [0.2, 0.25) is 0 Å². The van der Waals surface area contributed by atoms with Crippen LogP contribution in [-0.2, 0) is 9.47 Å². The predicted octanol–water partition coefficient (Wildman–Crippen LogP) is 3.56. The molecule has 0 saturated carbocycles. The predicted molar refractivity (Wildman–Crippen MR) is 112 cm³/mol. The Morgan fingerprint density at radius 1 is 1.10 bits per heavy atom. The summed E-state index contributed by atoms with van der Waals surface area (Å²) in [5.41, 5.74) is 5.11. The standard InChI is InChI=1S/C23H25N3O4/c1-14-8-10-15(11-9-14)22-19-20(16-6-5-7-17(12-16)28-2)24-25-21(19)23(27)26(22)13-18(29-3)30-4/h5-12,18,22H,13H2,1-4H3,(H,24,25). The van der Waals surface area contributed by atoms with Gasteiger partial charge in [0.15, 0.2) is 6.29 Å². The number of carbonyl (C=O) groups is 1. The summed E-state index contributed by atoms with van der Waals surface area (Å²) in [6.07, 6.45) is -0.529. The second-order valence-electron chi connectivity index (χ2n) is 7.26. The highest BCUT2D eigenvalue weighted by molar-refractivity contribution is 6.00. The van der Waals surface area contributed by atoms with Crippen molar-refractivity contribution in [3.8, 4) is 17.0 Å². The maximum atomic E-state index is 13.3. The number of aryl methyl sites for hydroxylation is 1. The van der Waals surface area contributed by atoms with Gasteiger partial charge in [-0.3, -0.25) is 9.89 Å². The Bertz CT molecular complexity index is 1040. The Kier molecular flexibility index (Phi) is 5.57. The smallest absolute Gasteiger partial charge is 0.273 e. The number of nitrogens with one attached hydrogen (secondary N) is 1. The number of rotatable bonds is 7. The first-order valence-electron chi connectivity index (χ1n) is 9.73. The molecule has 1 aliphatic rings. The van der Waals surface area contributed by atoms with Crippen molar-refractivity contribution >= 4 is 5.91 Å². The Labute approximate surface area is 175 Å². The molecule has 0 fully saturated rings. The monoisotopic (exact) mass is 407 g/mol. The lowest BCUT2D eigenvalue weighted by atomic mass is 9.95. The van der Waals surface area contributed by atoms with Crippen LogP contribution in [-0.4, -0.2) is 55.2 Å². The summed E-state index contributed by atoms with van der Waals surface area (Å²) in [5, 5.41) is 7.45. The lowest BCUT2D eigenvalue weighted by Crippen LogP contribution is -2.38. The van der Waals surface area contributed by atoms with Gasteiger partial charge in [-0.1, -0.05) is 42.0 Å². The molecule has 1 aromatic heterocycles. The average molecular weight is 407 g/mol. The number of methoxy groups -OCH3 is 3. The largest absolute Gasteiger partial charge is 0.497 e. The molecule has 7 nitrogen and oxygen atoms in total. The number of nitrogens with zero attached hydrogens (tertiary/aromatic N) is 2. The molecule has 1 atom stereocenters. The van der Waals surface area contributed by atoms with E-state index in [2.05, 4.69) is 10.2 Å². The molecule has 4 rings (SSSR count). The van der Waals surface area contributed by atoms with Gasteiger partial charge in [-0.25, -0.2) is 0 Å². The topological polar surface area (TPSA) is 76.7 Å². The second kappa shape index (κ2) is 8.30. The molecule has 156 valence electrons. The zero-order valence-electron chi connectivity index (χ0n) is 17.5. The average Bonchev–Trinajstić information content (AvgIpc) is 3.32. The molecule has 30 heavy (non-hydrogen) atoms. The highest BCUT2D eigenvalue weighted by Gasteiger charge is 2.43. The van der Waals surface area contributed by atoms with E-state index in [1.54, 1.807) is 26.2 Å². The van der Waals surface area contributed by atoms with Gasteiger partial charge >= 0.3 is 0 Å². The number of fused-ring (bicyclic) bond motifs is 1. The second-order valence-corrected chi connectivity index (χ2v) is 7.26. The van der Waals surface area contributed by atoms with Crippen LogP contribution in [0.25, 0.3) is 11.3 Å². The minimum absolute atomic E-state index is 0.128. The number of aromatic nitrogens is 2. The lowest BCUT2D eigenvalue weighted by molar-refractivity contribution is -0.113. The first kappa shape index (κ1) is 20.1. The van der Waals surface area contributed by atoms with Crippen molar-refractivity contribution in [3.63, 3.8) is 0 Å². The van der Waals surface area contributed by atoms with E-state index in [1.807, 2.05) is 55.5 Å². The molecule has 1 aliphatic heterocycles. The fourth-order valence-corrected chi connectivity index (χ4v) is 3.88. The first-order chi connectivity index (χ1) is 14.6. The molecular weight excluding hydrogens is 382 g/mol. The number of carbonyl (C=O) groups excluding carboxylic acids is 1. The van der Waals surface area contributed by atoms with E-state index in [9.17, 15) is 4.79 Å². The van der Waals surface area contributed by atoms with Crippen LogP contribution < -0.4 is 4.74 Å². The van der Waals surface area contributed by atoms with Crippen LogP contribution in [0.3, 0.4) is 0 Å². The molecule has 1 N–H and O–H groups in total. The summed E-state index contributed by atoms with van der Waals surface area (Å²) in [5.74, 6) is 0.604. The van der Waals surface area contributed by atoms with E-state index < -0.39 is 6.29 Å². The van der Waals surface area contributed by atoms with Crippen molar-refractivity contribution in [2.45, 2.75) is 19.3 Å². The fourth-order valence-electron chi connectivity index (χ4n) is 3.88. The van der Waals surface area contributed by atoms with E-state index in [1.165, 1.54) is 0 Å². The first-order valence-corrected chi connectivity index (χ1v) is 9.73. The van der Waals surface area contributed by atoms with Crippen molar-refractivity contribution in [2.24, 2.45) is 0 Å². The number of aromatic amines is 1. The number of hydrogen-bond acceptors (Lipinski definition) is 5.